The maximum atomic E-state index is 7.36. The topological polar surface area (TPSA) is 151 Å². The first kappa shape index (κ1) is 15.2. The zero-order valence-electron chi connectivity index (χ0n) is 12.6. The molecule has 3 rings (SSSR count). The van der Waals surface area contributed by atoms with Crippen LogP contribution in [0.3, 0.4) is 0 Å². The number of nitrogens with one attached hydrogen (secondary N) is 2. The number of rotatable bonds is 4. The Labute approximate surface area is 137 Å². The zero-order chi connectivity index (χ0) is 17.1. The van der Waals surface area contributed by atoms with Crippen molar-refractivity contribution in [2.24, 2.45) is 11.5 Å². The summed E-state index contributed by atoms with van der Waals surface area (Å²) in [5.74, 6) is -0.170. The Bertz CT molecular complexity index is 827. The minimum Gasteiger partial charge on any atom is -0.382 e. The van der Waals surface area contributed by atoms with Gasteiger partial charge in [0.1, 0.15) is 23.1 Å². The van der Waals surface area contributed by atoms with Gasteiger partial charge in [0.25, 0.3) is 0 Å². The molecule has 0 amide bonds. The van der Waals surface area contributed by atoms with Crippen molar-refractivity contribution >= 4 is 11.7 Å². The number of hydrogen-bond acceptors (Lipinski definition) is 6. The van der Waals surface area contributed by atoms with Crippen molar-refractivity contribution in [3.05, 3.63) is 60.4 Å². The first-order valence-electron chi connectivity index (χ1n) is 6.98. The van der Waals surface area contributed by atoms with Crippen LogP contribution in [0.4, 0.5) is 0 Å². The van der Waals surface area contributed by atoms with Crippen LogP contribution in [0, 0.1) is 10.8 Å². The highest BCUT2D eigenvalue weighted by atomic mass is 14.8. The van der Waals surface area contributed by atoms with Crippen LogP contribution in [0.25, 0.3) is 22.5 Å². The molecule has 0 saturated carbocycles. The standard InChI is InChI=1S/C16H14N8/c17-15(18)11-3-1-9(5-22-11)13-7-21-8-14(24-13)10-2-4-12(16(19)20)23-6-10/h1-8H,(H3,17,18)(H3,19,20). The average molecular weight is 318 g/mol. The van der Waals surface area contributed by atoms with E-state index in [0.29, 0.717) is 22.8 Å². The Morgan fingerprint density at radius 1 is 0.708 bits per heavy atom. The zero-order valence-corrected chi connectivity index (χ0v) is 12.6. The third kappa shape index (κ3) is 3.07. The van der Waals surface area contributed by atoms with Gasteiger partial charge in [0.05, 0.1) is 23.8 Å². The predicted octanol–water partition coefficient (Wildman–Crippen LogP) is 1.17. The van der Waals surface area contributed by atoms with E-state index in [0.717, 1.165) is 11.1 Å². The number of aromatic nitrogens is 4. The second-order valence-corrected chi connectivity index (χ2v) is 4.98. The van der Waals surface area contributed by atoms with Crippen LogP contribution in [0.1, 0.15) is 11.4 Å². The van der Waals surface area contributed by atoms with Crippen molar-refractivity contribution in [2.75, 3.05) is 0 Å². The molecule has 0 radical (unpaired) electrons. The Kier molecular flexibility index (Phi) is 3.94. The van der Waals surface area contributed by atoms with E-state index in [2.05, 4.69) is 19.9 Å². The molecule has 0 spiro atoms. The number of hydrogen-bond donors (Lipinski definition) is 4. The van der Waals surface area contributed by atoms with Gasteiger partial charge in [-0.2, -0.15) is 0 Å². The van der Waals surface area contributed by atoms with Gasteiger partial charge in [-0.05, 0) is 24.3 Å². The van der Waals surface area contributed by atoms with E-state index in [4.69, 9.17) is 22.3 Å². The second kappa shape index (κ2) is 6.21. The van der Waals surface area contributed by atoms with Gasteiger partial charge in [-0.15, -0.1) is 0 Å². The van der Waals surface area contributed by atoms with Crippen molar-refractivity contribution in [2.45, 2.75) is 0 Å². The Morgan fingerprint density at radius 3 is 1.50 bits per heavy atom. The lowest BCUT2D eigenvalue weighted by molar-refractivity contribution is 1.18. The van der Waals surface area contributed by atoms with E-state index in [-0.39, 0.29) is 11.7 Å². The van der Waals surface area contributed by atoms with E-state index in [9.17, 15) is 0 Å². The van der Waals surface area contributed by atoms with Crippen molar-refractivity contribution in [3.63, 3.8) is 0 Å². The first-order valence-corrected chi connectivity index (χ1v) is 6.98. The monoisotopic (exact) mass is 318 g/mol. The maximum absolute atomic E-state index is 7.36. The molecule has 0 atom stereocenters. The van der Waals surface area contributed by atoms with Crippen LogP contribution >= 0.6 is 0 Å². The average Bonchev–Trinajstić information content (AvgIpc) is 2.62. The predicted molar refractivity (Wildman–Crippen MR) is 90.5 cm³/mol. The van der Waals surface area contributed by atoms with Crippen LogP contribution in [0.2, 0.25) is 0 Å². The summed E-state index contributed by atoms with van der Waals surface area (Å²) >= 11 is 0. The highest BCUT2D eigenvalue weighted by molar-refractivity contribution is 5.93. The maximum Gasteiger partial charge on any atom is 0.141 e. The van der Waals surface area contributed by atoms with Crippen LogP contribution in [0.15, 0.2) is 49.1 Å². The molecule has 118 valence electrons. The van der Waals surface area contributed by atoms with Gasteiger partial charge in [-0.3, -0.25) is 25.8 Å². The van der Waals surface area contributed by atoms with Crippen LogP contribution in [-0.2, 0) is 0 Å². The van der Waals surface area contributed by atoms with E-state index < -0.39 is 0 Å². The van der Waals surface area contributed by atoms with Gasteiger partial charge in [0.15, 0.2) is 0 Å². The summed E-state index contributed by atoms with van der Waals surface area (Å²) in [7, 11) is 0. The Hall–Kier alpha value is -3.68. The third-order valence-corrected chi connectivity index (χ3v) is 3.30. The normalized spacial score (nSPS) is 10.3. The molecule has 0 fully saturated rings. The van der Waals surface area contributed by atoms with Crippen molar-refractivity contribution in [1.29, 1.82) is 10.8 Å². The summed E-state index contributed by atoms with van der Waals surface area (Å²) in [5.41, 5.74) is 14.4. The molecule has 6 N–H and O–H groups in total. The SMILES string of the molecule is N=C(N)c1ccc(-c2cncc(-c3ccc(C(=N)N)nc3)n2)cn1. The number of nitrogens with two attached hydrogens (primary N) is 2. The summed E-state index contributed by atoms with van der Waals surface area (Å²) in [6.07, 6.45) is 6.46. The fraction of sp³-hybridized carbons (Fsp3) is 0. The first-order chi connectivity index (χ1) is 11.5. The summed E-state index contributed by atoms with van der Waals surface area (Å²) in [6, 6.07) is 6.90. The summed E-state index contributed by atoms with van der Waals surface area (Å²) < 4.78 is 0. The molecule has 8 nitrogen and oxygen atoms in total. The molecule has 0 saturated heterocycles. The summed E-state index contributed by atoms with van der Waals surface area (Å²) in [4.78, 5) is 17.0. The Morgan fingerprint density at radius 2 is 1.17 bits per heavy atom. The minimum atomic E-state index is -0.0852. The van der Waals surface area contributed by atoms with Gasteiger partial charge < -0.3 is 11.5 Å². The van der Waals surface area contributed by atoms with E-state index in [1.165, 1.54) is 0 Å². The van der Waals surface area contributed by atoms with Gasteiger partial charge in [0.2, 0.25) is 0 Å². The van der Waals surface area contributed by atoms with E-state index >= 15 is 0 Å². The van der Waals surface area contributed by atoms with Gasteiger partial charge in [0, 0.05) is 23.5 Å². The third-order valence-electron chi connectivity index (χ3n) is 3.30. The smallest absolute Gasteiger partial charge is 0.141 e. The molecule has 3 aromatic rings. The molecule has 24 heavy (non-hydrogen) atoms. The largest absolute Gasteiger partial charge is 0.382 e. The Balaban J connectivity index is 1.94. The fourth-order valence-corrected chi connectivity index (χ4v) is 2.05. The van der Waals surface area contributed by atoms with Crippen molar-refractivity contribution in [3.8, 4) is 22.5 Å². The molecule has 0 aliphatic heterocycles. The fourth-order valence-electron chi connectivity index (χ4n) is 2.05. The molecule has 0 aliphatic carbocycles. The number of amidine groups is 2. The van der Waals surface area contributed by atoms with Crippen molar-refractivity contribution < 1.29 is 0 Å². The quantitative estimate of drug-likeness (QED) is 0.418. The van der Waals surface area contributed by atoms with Crippen LogP contribution in [0.5, 0.6) is 0 Å². The molecule has 0 aromatic carbocycles. The molecular formula is C16H14N8. The molecule has 3 heterocycles. The van der Waals surface area contributed by atoms with Gasteiger partial charge in [-0.25, -0.2) is 4.98 Å². The molecule has 3 aromatic heterocycles. The molecular weight excluding hydrogens is 304 g/mol. The highest BCUT2D eigenvalue weighted by Gasteiger charge is 2.07. The summed E-state index contributed by atoms with van der Waals surface area (Å²) in [6.45, 7) is 0. The molecule has 0 aliphatic rings. The summed E-state index contributed by atoms with van der Waals surface area (Å²) in [5, 5.41) is 14.7. The number of nitrogen functional groups attached to an aromatic ring is 2. The van der Waals surface area contributed by atoms with Gasteiger partial charge >= 0.3 is 0 Å². The minimum absolute atomic E-state index is 0.0852. The molecule has 0 unspecified atom stereocenters. The number of nitrogens with zero attached hydrogens (tertiary/aromatic N) is 4. The van der Waals surface area contributed by atoms with Crippen LogP contribution < -0.4 is 11.5 Å². The lowest BCUT2D eigenvalue weighted by atomic mass is 10.1. The molecule has 0 bridgehead atoms. The highest BCUT2D eigenvalue weighted by Crippen LogP contribution is 2.20. The van der Waals surface area contributed by atoms with Crippen LogP contribution in [-0.4, -0.2) is 31.6 Å². The van der Waals surface area contributed by atoms with Crippen molar-refractivity contribution in [1.82, 2.24) is 19.9 Å². The second-order valence-electron chi connectivity index (χ2n) is 4.98. The lowest BCUT2D eigenvalue weighted by Crippen LogP contribution is -2.12. The van der Waals surface area contributed by atoms with Gasteiger partial charge in [-0.1, -0.05) is 0 Å². The van der Waals surface area contributed by atoms with E-state index in [1.54, 1.807) is 49.1 Å². The lowest BCUT2D eigenvalue weighted by Gasteiger charge is -2.05. The number of pyridine rings is 2. The van der Waals surface area contributed by atoms with E-state index in [1.807, 2.05) is 0 Å². The molecule has 8 heteroatoms.